The molecule has 0 aliphatic rings. The van der Waals surface area contributed by atoms with E-state index >= 15 is 0 Å². The molecule has 0 saturated heterocycles. The van der Waals surface area contributed by atoms with Gasteiger partial charge < -0.3 is 10.1 Å². The number of amides is 1. The zero-order chi connectivity index (χ0) is 17.8. The van der Waals surface area contributed by atoms with Crippen LogP contribution in [0.15, 0.2) is 54.7 Å². The Labute approximate surface area is 147 Å². The number of methoxy groups -OCH3 is 1. The van der Waals surface area contributed by atoms with Crippen LogP contribution in [-0.2, 0) is 4.79 Å². The van der Waals surface area contributed by atoms with E-state index in [4.69, 9.17) is 4.74 Å². The maximum Gasteiger partial charge on any atom is 0.248 e. The van der Waals surface area contributed by atoms with E-state index in [0.29, 0.717) is 5.69 Å². The fourth-order valence-electron chi connectivity index (χ4n) is 2.85. The monoisotopic (exact) mass is 332 g/mol. The average molecular weight is 332 g/mol. The van der Waals surface area contributed by atoms with Gasteiger partial charge >= 0.3 is 0 Å². The van der Waals surface area contributed by atoms with Crippen molar-refractivity contribution in [3.63, 3.8) is 0 Å². The fourth-order valence-corrected chi connectivity index (χ4v) is 2.85. The number of fused-ring (bicyclic) bond motifs is 1. The van der Waals surface area contributed by atoms with Gasteiger partial charge in [0, 0.05) is 17.7 Å². The maximum atomic E-state index is 12.3. The number of rotatable bonds is 4. The second-order valence-corrected chi connectivity index (χ2v) is 5.88. The predicted molar refractivity (Wildman–Crippen MR) is 102 cm³/mol. The quantitative estimate of drug-likeness (QED) is 0.715. The molecule has 0 saturated carbocycles. The molecular formula is C21H20N2O2. The third-order valence-electron chi connectivity index (χ3n) is 4.09. The Morgan fingerprint density at radius 1 is 1.12 bits per heavy atom. The zero-order valence-electron chi connectivity index (χ0n) is 14.5. The van der Waals surface area contributed by atoms with Crippen LogP contribution in [-0.4, -0.2) is 18.0 Å². The summed E-state index contributed by atoms with van der Waals surface area (Å²) in [5, 5.41) is 3.90. The SMILES string of the molecule is COc1cc(C)c(/C=C/C(=O)Nc2cccc3cccnc23)c(C)c1. The van der Waals surface area contributed by atoms with Crippen LogP contribution < -0.4 is 10.1 Å². The lowest BCUT2D eigenvalue weighted by atomic mass is 10.0. The number of benzene rings is 2. The van der Waals surface area contributed by atoms with Crippen molar-refractivity contribution in [2.75, 3.05) is 12.4 Å². The standard InChI is InChI=1S/C21H20N2O2/c1-14-12-17(25-3)13-15(2)18(14)9-10-20(24)23-19-8-4-6-16-7-5-11-22-21(16)19/h4-13H,1-3H3,(H,23,24)/b10-9+. The number of anilines is 1. The minimum atomic E-state index is -0.187. The number of pyridine rings is 1. The fraction of sp³-hybridized carbons (Fsp3) is 0.143. The van der Waals surface area contributed by atoms with Crippen LogP contribution in [0.3, 0.4) is 0 Å². The summed E-state index contributed by atoms with van der Waals surface area (Å²) in [7, 11) is 1.65. The number of ether oxygens (including phenoxy) is 1. The summed E-state index contributed by atoms with van der Waals surface area (Å²) in [5.74, 6) is 0.631. The van der Waals surface area contributed by atoms with Gasteiger partial charge in [-0.1, -0.05) is 18.2 Å². The highest BCUT2D eigenvalue weighted by atomic mass is 16.5. The van der Waals surface area contributed by atoms with Crippen LogP contribution in [0, 0.1) is 13.8 Å². The second kappa shape index (κ2) is 7.18. The Hall–Kier alpha value is -3.14. The zero-order valence-corrected chi connectivity index (χ0v) is 14.5. The van der Waals surface area contributed by atoms with Crippen molar-refractivity contribution in [2.24, 2.45) is 0 Å². The molecule has 25 heavy (non-hydrogen) atoms. The molecule has 0 atom stereocenters. The van der Waals surface area contributed by atoms with Gasteiger partial charge in [0.25, 0.3) is 0 Å². The summed E-state index contributed by atoms with van der Waals surface area (Å²) in [6.45, 7) is 4.00. The predicted octanol–water partition coefficient (Wildman–Crippen LogP) is 4.51. The van der Waals surface area contributed by atoms with Crippen molar-refractivity contribution < 1.29 is 9.53 Å². The Morgan fingerprint density at radius 2 is 1.84 bits per heavy atom. The van der Waals surface area contributed by atoms with Crippen molar-refractivity contribution in [2.45, 2.75) is 13.8 Å². The first-order valence-corrected chi connectivity index (χ1v) is 8.06. The molecule has 0 radical (unpaired) electrons. The molecule has 126 valence electrons. The van der Waals surface area contributed by atoms with Crippen molar-refractivity contribution in [3.05, 3.63) is 71.4 Å². The number of para-hydroxylation sites is 1. The normalized spacial score (nSPS) is 11.0. The summed E-state index contributed by atoms with van der Waals surface area (Å²) in [6.07, 6.45) is 5.10. The van der Waals surface area contributed by atoms with E-state index < -0.39 is 0 Å². The van der Waals surface area contributed by atoms with E-state index in [2.05, 4.69) is 10.3 Å². The Balaban J connectivity index is 1.82. The number of carbonyl (C=O) groups is 1. The molecule has 0 aliphatic heterocycles. The molecule has 0 fully saturated rings. The minimum Gasteiger partial charge on any atom is -0.497 e. The van der Waals surface area contributed by atoms with Crippen LogP contribution in [0.4, 0.5) is 5.69 Å². The number of aromatic nitrogens is 1. The highest BCUT2D eigenvalue weighted by Gasteiger charge is 2.06. The van der Waals surface area contributed by atoms with Gasteiger partial charge in [-0.05, 0) is 60.9 Å². The van der Waals surface area contributed by atoms with E-state index in [0.717, 1.165) is 33.3 Å². The summed E-state index contributed by atoms with van der Waals surface area (Å²) >= 11 is 0. The number of nitrogens with one attached hydrogen (secondary N) is 1. The molecule has 0 spiro atoms. The topological polar surface area (TPSA) is 51.2 Å². The largest absolute Gasteiger partial charge is 0.497 e. The van der Waals surface area contributed by atoms with Crippen molar-refractivity contribution in [1.82, 2.24) is 4.98 Å². The molecule has 1 amide bonds. The summed E-state index contributed by atoms with van der Waals surface area (Å²) < 4.78 is 5.27. The van der Waals surface area contributed by atoms with E-state index in [-0.39, 0.29) is 5.91 Å². The van der Waals surface area contributed by atoms with Gasteiger partial charge in [-0.3, -0.25) is 9.78 Å². The third kappa shape index (κ3) is 3.69. The smallest absolute Gasteiger partial charge is 0.248 e. The summed E-state index contributed by atoms with van der Waals surface area (Å²) in [4.78, 5) is 16.7. The van der Waals surface area contributed by atoms with Gasteiger partial charge in [0.05, 0.1) is 18.3 Å². The lowest BCUT2D eigenvalue weighted by Crippen LogP contribution is -2.08. The first kappa shape index (κ1) is 16.7. The second-order valence-electron chi connectivity index (χ2n) is 5.88. The molecule has 0 bridgehead atoms. The molecule has 3 aromatic rings. The van der Waals surface area contributed by atoms with Gasteiger partial charge in [-0.2, -0.15) is 0 Å². The molecule has 4 heteroatoms. The highest BCUT2D eigenvalue weighted by molar-refractivity contribution is 6.06. The van der Waals surface area contributed by atoms with Crippen LogP contribution in [0.2, 0.25) is 0 Å². The van der Waals surface area contributed by atoms with Crippen LogP contribution in [0.1, 0.15) is 16.7 Å². The van der Waals surface area contributed by atoms with E-state index in [1.807, 2.05) is 62.4 Å². The molecule has 3 rings (SSSR count). The molecule has 2 aromatic carbocycles. The Morgan fingerprint density at radius 3 is 2.56 bits per heavy atom. The third-order valence-corrected chi connectivity index (χ3v) is 4.09. The first-order valence-electron chi connectivity index (χ1n) is 8.06. The van der Waals surface area contributed by atoms with Gasteiger partial charge in [0.15, 0.2) is 0 Å². The van der Waals surface area contributed by atoms with Crippen LogP contribution in [0.25, 0.3) is 17.0 Å². The Bertz CT molecular complexity index is 933. The maximum absolute atomic E-state index is 12.3. The average Bonchev–Trinajstić information content (AvgIpc) is 2.61. The number of carbonyl (C=O) groups excluding carboxylic acids is 1. The molecular weight excluding hydrogens is 312 g/mol. The number of nitrogens with zero attached hydrogens (tertiary/aromatic N) is 1. The molecule has 4 nitrogen and oxygen atoms in total. The van der Waals surface area contributed by atoms with Gasteiger partial charge in [0.1, 0.15) is 5.75 Å². The van der Waals surface area contributed by atoms with Crippen molar-refractivity contribution >= 4 is 28.6 Å². The molecule has 1 N–H and O–H groups in total. The van der Waals surface area contributed by atoms with Gasteiger partial charge in [0.2, 0.25) is 5.91 Å². The van der Waals surface area contributed by atoms with Crippen LogP contribution >= 0.6 is 0 Å². The first-order chi connectivity index (χ1) is 12.1. The van der Waals surface area contributed by atoms with Gasteiger partial charge in [-0.25, -0.2) is 0 Å². The number of aryl methyl sites for hydroxylation is 2. The van der Waals surface area contributed by atoms with Gasteiger partial charge in [-0.15, -0.1) is 0 Å². The lowest BCUT2D eigenvalue weighted by Gasteiger charge is -2.09. The lowest BCUT2D eigenvalue weighted by molar-refractivity contribution is -0.111. The van der Waals surface area contributed by atoms with Crippen LogP contribution in [0.5, 0.6) is 5.75 Å². The van der Waals surface area contributed by atoms with Crippen molar-refractivity contribution in [1.29, 1.82) is 0 Å². The molecule has 1 heterocycles. The Kier molecular flexibility index (Phi) is 4.80. The van der Waals surface area contributed by atoms with E-state index in [1.54, 1.807) is 19.4 Å². The number of hydrogen-bond donors (Lipinski definition) is 1. The van der Waals surface area contributed by atoms with Crippen molar-refractivity contribution in [3.8, 4) is 5.75 Å². The summed E-state index contributed by atoms with van der Waals surface area (Å²) in [5.41, 5.74) is 4.63. The summed E-state index contributed by atoms with van der Waals surface area (Å²) in [6, 6.07) is 13.5. The van der Waals surface area contributed by atoms with E-state index in [1.165, 1.54) is 0 Å². The minimum absolute atomic E-state index is 0.187. The molecule has 0 unspecified atom stereocenters. The van der Waals surface area contributed by atoms with E-state index in [9.17, 15) is 4.79 Å². The number of hydrogen-bond acceptors (Lipinski definition) is 3. The molecule has 1 aromatic heterocycles. The highest BCUT2D eigenvalue weighted by Crippen LogP contribution is 2.23. The molecule has 0 aliphatic carbocycles.